The van der Waals surface area contributed by atoms with Crippen molar-refractivity contribution in [3.63, 3.8) is 0 Å². The third kappa shape index (κ3) is 5.40. The summed E-state index contributed by atoms with van der Waals surface area (Å²) in [4.78, 5) is 44.9. The molecule has 0 saturated carbocycles. The van der Waals surface area contributed by atoms with Crippen molar-refractivity contribution >= 4 is 34.4 Å². The fourth-order valence-corrected chi connectivity index (χ4v) is 4.18. The van der Waals surface area contributed by atoms with Crippen molar-refractivity contribution in [3.8, 4) is 5.69 Å². The number of benzene rings is 2. The number of ketones is 1. The van der Waals surface area contributed by atoms with Gasteiger partial charge in [0.1, 0.15) is 6.33 Å². The molecule has 0 amide bonds. The Kier molecular flexibility index (Phi) is 7.68. The van der Waals surface area contributed by atoms with Crippen LogP contribution in [0.3, 0.4) is 0 Å². The van der Waals surface area contributed by atoms with Gasteiger partial charge in [0.15, 0.2) is 11.4 Å². The molecule has 0 aliphatic carbocycles. The summed E-state index contributed by atoms with van der Waals surface area (Å²) in [6.07, 6.45) is 3.32. The number of nitrogens with zero attached hydrogens (tertiary/aromatic N) is 4. The minimum absolute atomic E-state index is 0.0130. The van der Waals surface area contributed by atoms with Gasteiger partial charge in [-0.3, -0.25) is 9.36 Å². The van der Waals surface area contributed by atoms with Crippen LogP contribution in [0.5, 0.6) is 0 Å². The molecule has 0 bridgehead atoms. The number of hydrogen-bond acceptors (Lipinski definition) is 8. The van der Waals surface area contributed by atoms with Crippen LogP contribution in [0.2, 0.25) is 0 Å². The first-order valence-electron chi connectivity index (χ1n) is 12.0. The van der Waals surface area contributed by atoms with Gasteiger partial charge in [-0.1, -0.05) is 6.07 Å². The number of rotatable bonds is 8. The molecule has 0 atom stereocenters. The zero-order valence-corrected chi connectivity index (χ0v) is 20.8. The zero-order chi connectivity index (χ0) is 25.7. The van der Waals surface area contributed by atoms with E-state index in [2.05, 4.69) is 22.0 Å². The van der Waals surface area contributed by atoms with E-state index < -0.39 is 11.9 Å². The second kappa shape index (κ2) is 11.1. The highest BCUT2D eigenvalue weighted by atomic mass is 16.6. The second-order valence-corrected chi connectivity index (χ2v) is 8.40. The van der Waals surface area contributed by atoms with E-state index in [9.17, 15) is 14.4 Å². The summed E-state index contributed by atoms with van der Waals surface area (Å²) in [5.41, 5.74) is 4.29. The normalized spacial score (nSPS) is 13.4. The predicted octanol–water partition coefficient (Wildman–Crippen LogP) is 3.36. The van der Waals surface area contributed by atoms with Crippen LogP contribution in [0, 0.1) is 0 Å². The molecule has 0 unspecified atom stereocenters. The van der Waals surface area contributed by atoms with Crippen molar-refractivity contribution in [2.45, 2.75) is 20.8 Å². The highest BCUT2D eigenvalue weighted by Gasteiger charge is 2.24. The minimum Gasteiger partial charge on any atom is -0.462 e. The van der Waals surface area contributed by atoms with E-state index >= 15 is 0 Å². The Balaban J connectivity index is 1.49. The van der Waals surface area contributed by atoms with Crippen LogP contribution in [0.4, 0.5) is 5.69 Å². The van der Waals surface area contributed by atoms with E-state index in [0.717, 1.165) is 22.4 Å². The summed E-state index contributed by atoms with van der Waals surface area (Å²) in [6, 6.07) is 13.7. The molecule has 2 heterocycles. The van der Waals surface area contributed by atoms with Crippen LogP contribution in [-0.2, 0) is 19.1 Å². The largest absolute Gasteiger partial charge is 0.462 e. The first kappa shape index (κ1) is 25.0. The van der Waals surface area contributed by atoms with Gasteiger partial charge < -0.3 is 19.3 Å². The van der Waals surface area contributed by atoms with Crippen LogP contribution < -0.4 is 4.90 Å². The fraction of sp³-hybridized carbons (Fsp3) is 0.333. The Labute approximate surface area is 209 Å². The second-order valence-electron chi connectivity index (χ2n) is 8.40. The number of aromatic nitrogens is 2. The summed E-state index contributed by atoms with van der Waals surface area (Å²) in [5.74, 6) is -1.33. The maximum Gasteiger partial charge on any atom is 0.347 e. The maximum atomic E-state index is 12.3. The first-order valence-corrected chi connectivity index (χ1v) is 12.0. The molecular formula is C27H30N4O5. The average Bonchev–Trinajstić information content (AvgIpc) is 3.31. The van der Waals surface area contributed by atoms with Gasteiger partial charge in [-0.25, -0.2) is 14.6 Å². The Bertz CT molecular complexity index is 1280. The molecule has 4 rings (SSSR count). The highest BCUT2D eigenvalue weighted by molar-refractivity contribution is 6.14. The molecule has 2 aromatic carbocycles. The van der Waals surface area contributed by atoms with Crippen LogP contribution in [-0.4, -0.2) is 71.6 Å². The average molecular weight is 491 g/mol. The third-order valence-corrected chi connectivity index (χ3v) is 6.04. The molecule has 1 fully saturated rings. The molecule has 0 N–H and O–H groups in total. The number of fused-ring (bicyclic) bond motifs is 1. The van der Waals surface area contributed by atoms with Gasteiger partial charge in [-0.2, -0.15) is 0 Å². The Morgan fingerprint density at radius 3 is 2.22 bits per heavy atom. The molecule has 0 radical (unpaired) electrons. The van der Waals surface area contributed by atoms with Gasteiger partial charge in [-0.05, 0) is 57.2 Å². The van der Waals surface area contributed by atoms with Crippen LogP contribution in [0.15, 0.2) is 60.6 Å². The molecule has 1 aliphatic heterocycles. The number of carbonyl (C=O) groups is 3. The Morgan fingerprint density at radius 2 is 1.58 bits per heavy atom. The van der Waals surface area contributed by atoms with Gasteiger partial charge in [0.05, 0.1) is 24.2 Å². The molecule has 0 spiro atoms. The van der Waals surface area contributed by atoms with E-state index in [0.29, 0.717) is 31.7 Å². The standard InChI is InChI=1S/C27H30N4O5/c1-4-35-26(33)23(27(34)36-5-2)17-29-11-13-30(14-12-29)21-7-6-8-22(16-21)31-18-28-24-15-20(19(3)32)9-10-25(24)31/h6-10,15-18H,4-5,11-14H2,1-3H3. The molecule has 36 heavy (non-hydrogen) atoms. The van der Waals surface area contributed by atoms with E-state index in [1.807, 2.05) is 39.8 Å². The van der Waals surface area contributed by atoms with E-state index in [1.54, 1.807) is 33.3 Å². The molecule has 1 saturated heterocycles. The summed E-state index contributed by atoms with van der Waals surface area (Å²) < 4.78 is 12.1. The molecule has 188 valence electrons. The SMILES string of the molecule is CCOC(=O)C(=CN1CCN(c2cccc(-n3cnc4cc(C(C)=O)ccc43)c2)CC1)C(=O)OCC. The number of imidazole rings is 1. The number of esters is 2. The highest BCUT2D eigenvalue weighted by Crippen LogP contribution is 2.24. The summed E-state index contributed by atoms with van der Waals surface area (Å²) in [5, 5.41) is 0. The van der Waals surface area contributed by atoms with Crippen molar-refractivity contribution in [1.29, 1.82) is 0 Å². The molecular weight excluding hydrogens is 460 g/mol. The Morgan fingerprint density at radius 1 is 0.917 bits per heavy atom. The number of hydrogen-bond donors (Lipinski definition) is 0. The summed E-state index contributed by atoms with van der Waals surface area (Å²) in [7, 11) is 0. The minimum atomic E-state index is -0.672. The van der Waals surface area contributed by atoms with Gasteiger partial charge >= 0.3 is 11.9 Å². The van der Waals surface area contributed by atoms with Gasteiger partial charge in [-0.15, -0.1) is 0 Å². The molecule has 1 aliphatic rings. The van der Waals surface area contributed by atoms with Crippen molar-refractivity contribution in [2.24, 2.45) is 0 Å². The number of ether oxygens (including phenoxy) is 2. The first-order chi connectivity index (χ1) is 17.4. The number of carbonyl (C=O) groups excluding carboxylic acids is 3. The fourth-order valence-electron chi connectivity index (χ4n) is 4.18. The number of anilines is 1. The molecule has 1 aromatic heterocycles. The van der Waals surface area contributed by atoms with E-state index in [1.165, 1.54) is 0 Å². The molecule has 3 aromatic rings. The van der Waals surface area contributed by atoms with Gasteiger partial charge in [0.25, 0.3) is 0 Å². The van der Waals surface area contributed by atoms with Crippen LogP contribution in [0.25, 0.3) is 16.7 Å². The summed E-state index contributed by atoms with van der Waals surface area (Å²) in [6.45, 7) is 8.01. The van der Waals surface area contributed by atoms with Gasteiger partial charge in [0.2, 0.25) is 0 Å². The van der Waals surface area contributed by atoms with E-state index in [-0.39, 0.29) is 24.6 Å². The lowest BCUT2D eigenvalue weighted by Gasteiger charge is -2.36. The number of piperazine rings is 1. The monoisotopic (exact) mass is 490 g/mol. The van der Waals surface area contributed by atoms with Crippen molar-refractivity contribution in [3.05, 3.63) is 66.1 Å². The third-order valence-electron chi connectivity index (χ3n) is 6.04. The topological polar surface area (TPSA) is 94.0 Å². The molecule has 9 nitrogen and oxygen atoms in total. The van der Waals surface area contributed by atoms with Crippen LogP contribution in [0.1, 0.15) is 31.1 Å². The zero-order valence-electron chi connectivity index (χ0n) is 20.8. The lowest BCUT2D eigenvalue weighted by atomic mass is 10.1. The van der Waals surface area contributed by atoms with Crippen molar-refractivity contribution in [2.75, 3.05) is 44.3 Å². The van der Waals surface area contributed by atoms with E-state index in [4.69, 9.17) is 9.47 Å². The Hall–Kier alpha value is -4.14. The lowest BCUT2D eigenvalue weighted by Crippen LogP contribution is -2.44. The summed E-state index contributed by atoms with van der Waals surface area (Å²) >= 11 is 0. The quantitative estimate of drug-likeness (QED) is 0.156. The number of Topliss-reactive ketones (excluding diaryl/α,β-unsaturated/α-hetero) is 1. The lowest BCUT2D eigenvalue weighted by molar-refractivity contribution is -0.146. The van der Waals surface area contributed by atoms with Gasteiger partial charge in [0, 0.05) is 49.3 Å². The maximum absolute atomic E-state index is 12.3. The van der Waals surface area contributed by atoms with Crippen LogP contribution >= 0.6 is 0 Å². The van der Waals surface area contributed by atoms with Crippen molar-refractivity contribution in [1.82, 2.24) is 14.5 Å². The van der Waals surface area contributed by atoms with Crippen molar-refractivity contribution < 1.29 is 23.9 Å². The predicted molar refractivity (Wildman–Crippen MR) is 136 cm³/mol. The molecule has 9 heteroatoms. The smallest absolute Gasteiger partial charge is 0.347 e.